The van der Waals surface area contributed by atoms with Gasteiger partial charge in [0, 0.05) is 17.5 Å². The number of hydrogen-bond donors (Lipinski definition) is 1. The third-order valence-corrected chi connectivity index (χ3v) is 6.95. The number of amides is 1. The maximum Gasteiger partial charge on any atom is 0.236 e. The Morgan fingerprint density at radius 3 is 2.59 bits per heavy atom. The SMILES string of the molecule is CCc1ccc(OC(C)c2nnc(SCC(=O)Nc3nc(-c4ccccc4)cs3)n2CC)cc1. The lowest BCUT2D eigenvalue weighted by molar-refractivity contribution is -0.113. The zero-order valence-electron chi connectivity index (χ0n) is 19.4. The minimum Gasteiger partial charge on any atom is -0.483 e. The second-order valence-corrected chi connectivity index (χ2v) is 9.38. The van der Waals surface area contributed by atoms with Crippen molar-refractivity contribution in [2.75, 3.05) is 11.1 Å². The Kier molecular flexibility index (Phi) is 7.97. The number of thiazole rings is 1. The number of nitrogens with one attached hydrogen (secondary N) is 1. The minimum atomic E-state index is -0.269. The summed E-state index contributed by atoms with van der Waals surface area (Å²) in [5, 5.41) is 14.7. The average molecular weight is 494 g/mol. The van der Waals surface area contributed by atoms with E-state index in [-0.39, 0.29) is 17.8 Å². The molecule has 2 heterocycles. The second kappa shape index (κ2) is 11.3. The molecule has 0 saturated carbocycles. The predicted octanol–water partition coefficient (Wildman–Crippen LogP) is 5.85. The third kappa shape index (κ3) is 5.84. The topological polar surface area (TPSA) is 81.9 Å². The number of nitrogens with zero attached hydrogens (tertiary/aromatic N) is 4. The molecule has 2 aromatic heterocycles. The first-order chi connectivity index (χ1) is 16.6. The molecule has 7 nitrogen and oxygen atoms in total. The van der Waals surface area contributed by atoms with Crippen molar-refractivity contribution < 1.29 is 9.53 Å². The van der Waals surface area contributed by atoms with Gasteiger partial charge in [-0.25, -0.2) is 4.98 Å². The van der Waals surface area contributed by atoms with Crippen LogP contribution in [0.5, 0.6) is 5.75 Å². The minimum absolute atomic E-state index is 0.133. The first kappa shape index (κ1) is 24.0. The average Bonchev–Trinajstić information content (AvgIpc) is 3.50. The number of thioether (sulfide) groups is 1. The summed E-state index contributed by atoms with van der Waals surface area (Å²) in [6, 6.07) is 18.0. The summed E-state index contributed by atoms with van der Waals surface area (Å²) in [4.78, 5) is 17.0. The molecule has 1 amide bonds. The zero-order valence-corrected chi connectivity index (χ0v) is 21.0. The van der Waals surface area contributed by atoms with Crippen molar-refractivity contribution in [1.29, 1.82) is 0 Å². The Balaban J connectivity index is 1.35. The largest absolute Gasteiger partial charge is 0.483 e. The number of carbonyl (C=O) groups excluding carboxylic acids is 1. The maximum atomic E-state index is 12.5. The molecule has 34 heavy (non-hydrogen) atoms. The van der Waals surface area contributed by atoms with Gasteiger partial charge < -0.3 is 14.6 Å². The molecule has 0 spiro atoms. The van der Waals surface area contributed by atoms with E-state index < -0.39 is 0 Å². The fraction of sp³-hybridized carbons (Fsp3) is 0.280. The van der Waals surface area contributed by atoms with Gasteiger partial charge in [-0.3, -0.25) is 4.79 Å². The number of ether oxygens (including phenoxy) is 1. The van der Waals surface area contributed by atoms with Crippen LogP contribution in [-0.2, 0) is 17.8 Å². The molecule has 4 aromatic rings. The maximum absolute atomic E-state index is 12.5. The molecule has 9 heteroatoms. The number of carbonyl (C=O) groups is 1. The number of aryl methyl sites for hydroxylation is 1. The van der Waals surface area contributed by atoms with Gasteiger partial charge in [0.2, 0.25) is 5.91 Å². The van der Waals surface area contributed by atoms with Gasteiger partial charge in [-0.15, -0.1) is 21.5 Å². The highest BCUT2D eigenvalue weighted by Crippen LogP contribution is 2.27. The zero-order chi connectivity index (χ0) is 23.9. The van der Waals surface area contributed by atoms with Crippen LogP contribution in [0.15, 0.2) is 65.1 Å². The summed E-state index contributed by atoms with van der Waals surface area (Å²) in [6.07, 6.45) is 0.722. The molecule has 0 aliphatic carbocycles. The van der Waals surface area contributed by atoms with Gasteiger partial charge in [0.05, 0.1) is 11.4 Å². The van der Waals surface area contributed by atoms with E-state index in [0.717, 1.165) is 29.3 Å². The van der Waals surface area contributed by atoms with E-state index in [1.54, 1.807) is 0 Å². The summed E-state index contributed by atoms with van der Waals surface area (Å²) in [6.45, 7) is 6.79. The molecule has 0 fully saturated rings. The fourth-order valence-corrected chi connectivity index (χ4v) is 4.97. The van der Waals surface area contributed by atoms with Crippen LogP contribution in [-0.4, -0.2) is 31.4 Å². The Hall–Kier alpha value is -3.17. The molecular formula is C25H27N5O2S2. The van der Waals surface area contributed by atoms with Crippen LogP contribution in [0, 0.1) is 0 Å². The van der Waals surface area contributed by atoms with E-state index in [1.165, 1.54) is 28.7 Å². The molecule has 4 rings (SSSR count). The first-order valence-corrected chi connectivity index (χ1v) is 13.1. The highest BCUT2D eigenvalue weighted by molar-refractivity contribution is 7.99. The molecule has 1 unspecified atom stereocenters. The Bertz CT molecular complexity index is 1220. The van der Waals surface area contributed by atoms with Crippen LogP contribution >= 0.6 is 23.1 Å². The van der Waals surface area contributed by atoms with E-state index in [1.807, 2.05) is 66.3 Å². The molecule has 176 valence electrons. The molecular weight excluding hydrogens is 466 g/mol. The number of rotatable bonds is 10. The van der Waals surface area contributed by atoms with Gasteiger partial charge in [0.1, 0.15) is 5.75 Å². The van der Waals surface area contributed by atoms with Gasteiger partial charge in [-0.05, 0) is 38.0 Å². The van der Waals surface area contributed by atoms with Crippen LogP contribution < -0.4 is 10.1 Å². The van der Waals surface area contributed by atoms with Crippen LogP contribution in [0.2, 0.25) is 0 Å². The third-order valence-electron chi connectivity index (χ3n) is 5.22. The van der Waals surface area contributed by atoms with Crippen LogP contribution in [0.3, 0.4) is 0 Å². The highest BCUT2D eigenvalue weighted by Gasteiger charge is 2.20. The predicted molar refractivity (Wildman–Crippen MR) is 137 cm³/mol. The molecule has 0 aliphatic heterocycles. The van der Waals surface area contributed by atoms with Crippen molar-refractivity contribution in [2.45, 2.75) is 45.0 Å². The lowest BCUT2D eigenvalue weighted by Crippen LogP contribution is -2.15. The molecule has 0 saturated heterocycles. The standard InChI is InChI=1S/C25H27N5O2S2/c1-4-18-11-13-20(14-12-18)32-17(3)23-28-29-25(30(23)5-2)34-16-22(31)27-24-26-21(15-33-24)19-9-7-6-8-10-19/h6-15,17H,4-5,16H2,1-3H3,(H,26,27,31). The highest BCUT2D eigenvalue weighted by atomic mass is 32.2. The van der Waals surface area contributed by atoms with Crippen molar-refractivity contribution in [3.63, 3.8) is 0 Å². The Labute approximate surface area is 207 Å². The number of aromatic nitrogens is 4. The summed E-state index contributed by atoms with van der Waals surface area (Å²) in [5.74, 6) is 1.61. The van der Waals surface area contributed by atoms with E-state index in [0.29, 0.717) is 16.8 Å². The van der Waals surface area contributed by atoms with Gasteiger partial charge in [0.25, 0.3) is 0 Å². The van der Waals surface area contributed by atoms with Crippen LogP contribution in [0.1, 0.15) is 38.3 Å². The van der Waals surface area contributed by atoms with Crippen LogP contribution in [0.25, 0.3) is 11.3 Å². The van der Waals surface area contributed by atoms with E-state index in [4.69, 9.17) is 4.74 Å². The normalized spacial score (nSPS) is 11.9. The van der Waals surface area contributed by atoms with Crippen molar-refractivity contribution in [3.8, 4) is 17.0 Å². The fourth-order valence-electron chi connectivity index (χ4n) is 3.42. The number of anilines is 1. The molecule has 0 bridgehead atoms. The van der Waals surface area contributed by atoms with E-state index >= 15 is 0 Å². The second-order valence-electron chi connectivity index (χ2n) is 7.58. The van der Waals surface area contributed by atoms with Gasteiger partial charge in [-0.2, -0.15) is 0 Å². The first-order valence-electron chi connectivity index (χ1n) is 11.2. The number of hydrogen-bond acceptors (Lipinski definition) is 7. The molecule has 2 aromatic carbocycles. The molecule has 1 N–H and O–H groups in total. The molecule has 1 atom stereocenters. The summed E-state index contributed by atoms with van der Waals surface area (Å²) >= 11 is 2.76. The number of benzene rings is 2. The summed E-state index contributed by atoms with van der Waals surface area (Å²) in [7, 11) is 0. The summed E-state index contributed by atoms with van der Waals surface area (Å²) in [5.41, 5.74) is 3.14. The van der Waals surface area contributed by atoms with E-state index in [2.05, 4.69) is 39.6 Å². The Morgan fingerprint density at radius 2 is 1.88 bits per heavy atom. The molecule has 0 radical (unpaired) electrons. The quantitative estimate of drug-likeness (QED) is 0.279. The van der Waals surface area contributed by atoms with Crippen LogP contribution in [0.4, 0.5) is 5.13 Å². The monoisotopic (exact) mass is 493 g/mol. The lowest BCUT2D eigenvalue weighted by Gasteiger charge is -2.15. The van der Waals surface area contributed by atoms with Gasteiger partial charge >= 0.3 is 0 Å². The smallest absolute Gasteiger partial charge is 0.236 e. The lowest BCUT2D eigenvalue weighted by atomic mass is 10.2. The van der Waals surface area contributed by atoms with Crippen molar-refractivity contribution >= 4 is 34.1 Å². The van der Waals surface area contributed by atoms with Crippen molar-refractivity contribution in [2.24, 2.45) is 0 Å². The van der Waals surface area contributed by atoms with E-state index in [9.17, 15) is 4.79 Å². The summed E-state index contributed by atoms with van der Waals surface area (Å²) < 4.78 is 8.07. The van der Waals surface area contributed by atoms with Gasteiger partial charge in [0.15, 0.2) is 22.2 Å². The Morgan fingerprint density at radius 1 is 1.12 bits per heavy atom. The van der Waals surface area contributed by atoms with Crippen molar-refractivity contribution in [1.82, 2.24) is 19.7 Å². The van der Waals surface area contributed by atoms with Crippen molar-refractivity contribution in [3.05, 3.63) is 71.4 Å². The molecule has 0 aliphatic rings. The van der Waals surface area contributed by atoms with Gasteiger partial charge in [-0.1, -0.05) is 61.2 Å².